The number of aryl methyl sites for hydroxylation is 1. The Labute approximate surface area is 148 Å². The molecule has 0 spiro atoms. The molecule has 5 heteroatoms. The molecule has 0 saturated carbocycles. The second kappa shape index (κ2) is 7.01. The lowest BCUT2D eigenvalue weighted by Gasteiger charge is -2.45. The molecule has 0 radical (unpaired) electrons. The van der Waals surface area contributed by atoms with Gasteiger partial charge in [0.25, 0.3) is 0 Å². The summed E-state index contributed by atoms with van der Waals surface area (Å²) in [7, 11) is 0. The summed E-state index contributed by atoms with van der Waals surface area (Å²) in [6.07, 6.45) is 3.29. The van der Waals surface area contributed by atoms with E-state index in [1.165, 1.54) is 6.07 Å². The molecule has 0 amide bonds. The number of fused-ring (bicyclic) bond motifs is 1. The van der Waals surface area contributed by atoms with Crippen LogP contribution < -0.4 is 5.32 Å². The minimum atomic E-state index is -1.02. The number of carboxylic acids is 1. The molecule has 1 aromatic carbocycles. The number of carbonyl (C=O) groups is 1. The zero-order valence-corrected chi connectivity index (χ0v) is 15.6. The smallest absolute Gasteiger partial charge is 0.324 e. The van der Waals surface area contributed by atoms with E-state index in [2.05, 4.69) is 5.32 Å². The Balaban J connectivity index is 2.30. The van der Waals surface area contributed by atoms with Crippen molar-refractivity contribution in [2.24, 2.45) is 5.41 Å². The highest BCUT2D eigenvalue weighted by molar-refractivity contribution is 6.30. The van der Waals surface area contributed by atoms with E-state index in [4.69, 9.17) is 11.6 Å². The summed E-state index contributed by atoms with van der Waals surface area (Å²) >= 11 is 5.93. The molecule has 0 bridgehead atoms. The molecular weight excluding hydrogens is 329 g/mol. The van der Waals surface area contributed by atoms with Crippen LogP contribution in [0.25, 0.3) is 0 Å². The highest BCUT2D eigenvalue weighted by Gasteiger charge is 2.49. The number of benzene rings is 1. The lowest BCUT2D eigenvalue weighted by molar-refractivity contribution is -0.151. The summed E-state index contributed by atoms with van der Waals surface area (Å²) in [6.45, 7) is 7.83. The van der Waals surface area contributed by atoms with Gasteiger partial charge in [0.1, 0.15) is 11.4 Å². The van der Waals surface area contributed by atoms with Gasteiger partial charge in [-0.15, -0.1) is 0 Å². The van der Waals surface area contributed by atoms with Crippen molar-refractivity contribution in [1.29, 1.82) is 0 Å². The van der Waals surface area contributed by atoms with Gasteiger partial charge in [0.2, 0.25) is 0 Å². The molecule has 1 aliphatic carbocycles. The van der Waals surface area contributed by atoms with Crippen LogP contribution in [0.15, 0.2) is 12.1 Å². The summed E-state index contributed by atoms with van der Waals surface area (Å²) in [5.41, 5.74) is 0.124. The molecule has 0 fully saturated rings. The summed E-state index contributed by atoms with van der Waals surface area (Å²) in [5.74, 6) is -1.13. The predicted molar refractivity (Wildman–Crippen MR) is 95.1 cm³/mol. The third kappa shape index (κ3) is 3.60. The number of aliphatic carboxylic acids is 1. The van der Waals surface area contributed by atoms with Crippen LogP contribution in [-0.2, 0) is 17.6 Å². The first-order chi connectivity index (χ1) is 11.1. The van der Waals surface area contributed by atoms with Crippen molar-refractivity contribution in [3.05, 3.63) is 34.1 Å². The van der Waals surface area contributed by atoms with Gasteiger partial charge in [-0.05, 0) is 54.4 Å². The normalized spacial score (nSPS) is 20.3. The Morgan fingerprint density at radius 2 is 2.08 bits per heavy atom. The van der Waals surface area contributed by atoms with E-state index in [1.54, 1.807) is 0 Å². The SMILES string of the molecule is CCC[C@@](N[C@H]1CCc2cc(Cl)cc(F)c2C1)(C(=O)O)C(C)(C)C. The van der Waals surface area contributed by atoms with Crippen LogP contribution in [0.5, 0.6) is 0 Å². The molecule has 0 aliphatic heterocycles. The quantitative estimate of drug-likeness (QED) is 0.811. The monoisotopic (exact) mass is 355 g/mol. The Hall–Kier alpha value is -1.13. The first kappa shape index (κ1) is 19.2. The lowest BCUT2D eigenvalue weighted by atomic mass is 9.69. The number of nitrogens with one attached hydrogen (secondary N) is 1. The highest BCUT2D eigenvalue weighted by atomic mass is 35.5. The first-order valence-electron chi connectivity index (χ1n) is 8.58. The van der Waals surface area contributed by atoms with Crippen molar-refractivity contribution < 1.29 is 14.3 Å². The summed E-state index contributed by atoms with van der Waals surface area (Å²) in [5, 5.41) is 13.8. The van der Waals surface area contributed by atoms with E-state index in [9.17, 15) is 14.3 Å². The molecule has 3 nitrogen and oxygen atoms in total. The summed E-state index contributed by atoms with van der Waals surface area (Å²) in [4.78, 5) is 12.1. The largest absolute Gasteiger partial charge is 0.480 e. The van der Waals surface area contributed by atoms with Crippen LogP contribution in [0.1, 0.15) is 58.1 Å². The van der Waals surface area contributed by atoms with Crippen molar-refractivity contribution in [2.75, 3.05) is 0 Å². The summed E-state index contributed by atoms with van der Waals surface area (Å²) < 4.78 is 14.3. The van der Waals surface area contributed by atoms with Gasteiger partial charge in [0, 0.05) is 11.1 Å². The molecule has 2 N–H and O–H groups in total. The molecule has 0 heterocycles. The van der Waals surface area contributed by atoms with E-state index in [0.29, 0.717) is 29.8 Å². The third-order valence-corrected chi connectivity index (χ3v) is 5.40. The molecule has 134 valence electrons. The lowest BCUT2D eigenvalue weighted by Crippen LogP contribution is -2.64. The Bertz CT molecular complexity index is 627. The zero-order chi connectivity index (χ0) is 18.1. The fraction of sp³-hybridized carbons (Fsp3) is 0.632. The van der Waals surface area contributed by atoms with Gasteiger partial charge in [-0.3, -0.25) is 10.1 Å². The molecule has 0 saturated heterocycles. The highest BCUT2D eigenvalue weighted by Crippen LogP contribution is 2.37. The van der Waals surface area contributed by atoms with Crippen LogP contribution in [0, 0.1) is 11.2 Å². The van der Waals surface area contributed by atoms with E-state index in [-0.39, 0.29) is 11.9 Å². The van der Waals surface area contributed by atoms with Crippen molar-refractivity contribution in [1.82, 2.24) is 5.32 Å². The number of hydrogen-bond donors (Lipinski definition) is 2. The van der Waals surface area contributed by atoms with E-state index in [1.807, 2.05) is 33.8 Å². The average Bonchev–Trinajstić information content (AvgIpc) is 2.45. The molecular formula is C19H27ClFNO2. The maximum atomic E-state index is 14.3. The van der Waals surface area contributed by atoms with E-state index in [0.717, 1.165) is 18.4 Å². The number of halogens is 2. The maximum Gasteiger partial charge on any atom is 0.324 e. The minimum absolute atomic E-state index is 0.0601. The number of hydrogen-bond acceptors (Lipinski definition) is 2. The Morgan fingerprint density at radius 1 is 1.42 bits per heavy atom. The van der Waals surface area contributed by atoms with Crippen molar-refractivity contribution >= 4 is 17.6 Å². The van der Waals surface area contributed by atoms with Crippen molar-refractivity contribution in [3.63, 3.8) is 0 Å². The van der Waals surface area contributed by atoms with Crippen LogP contribution in [0.4, 0.5) is 4.39 Å². The van der Waals surface area contributed by atoms with Gasteiger partial charge in [0.05, 0.1) is 0 Å². The zero-order valence-electron chi connectivity index (χ0n) is 14.9. The van der Waals surface area contributed by atoms with Gasteiger partial charge in [-0.1, -0.05) is 45.7 Å². The summed E-state index contributed by atoms with van der Waals surface area (Å²) in [6, 6.07) is 3.09. The first-order valence-corrected chi connectivity index (χ1v) is 8.96. The fourth-order valence-electron chi connectivity index (χ4n) is 3.79. The fourth-order valence-corrected chi connectivity index (χ4v) is 4.01. The van der Waals surface area contributed by atoms with Gasteiger partial charge < -0.3 is 5.11 Å². The Morgan fingerprint density at radius 3 is 2.62 bits per heavy atom. The number of carboxylic acid groups (broad SMARTS) is 1. The van der Waals surface area contributed by atoms with Crippen LogP contribution >= 0.6 is 11.6 Å². The van der Waals surface area contributed by atoms with Crippen molar-refractivity contribution in [3.8, 4) is 0 Å². The van der Waals surface area contributed by atoms with Gasteiger partial charge in [-0.2, -0.15) is 0 Å². The van der Waals surface area contributed by atoms with Crippen LogP contribution in [0.2, 0.25) is 5.02 Å². The van der Waals surface area contributed by atoms with Gasteiger partial charge >= 0.3 is 5.97 Å². The molecule has 0 aromatic heterocycles. The predicted octanol–water partition coefficient (Wildman–Crippen LogP) is 4.60. The topological polar surface area (TPSA) is 49.3 Å². The van der Waals surface area contributed by atoms with Crippen LogP contribution in [0.3, 0.4) is 0 Å². The number of rotatable bonds is 5. The second-order valence-corrected chi connectivity index (χ2v) is 8.26. The molecule has 24 heavy (non-hydrogen) atoms. The second-order valence-electron chi connectivity index (χ2n) is 7.82. The van der Waals surface area contributed by atoms with Crippen LogP contribution in [-0.4, -0.2) is 22.7 Å². The average molecular weight is 356 g/mol. The molecule has 1 aromatic rings. The standard InChI is InChI=1S/C19H27ClFNO2/c1-5-8-19(17(23)24,18(2,3)4)22-14-7-6-12-9-13(20)10-16(21)15(12)11-14/h9-10,14,22H,5-8,11H2,1-4H3,(H,23,24)/t14-,19+/m0/s1. The molecule has 2 atom stereocenters. The third-order valence-electron chi connectivity index (χ3n) is 5.19. The van der Waals surface area contributed by atoms with Gasteiger partial charge in [-0.25, -0.2) is 4.39 Å². The van der Waals surface area contributed by atoms with Crippen molar-refractivity contribution in [2.45, 2.75) is 71.4 Å². The molecule has 0 unspecified atom stereocenters. The molecule has 1 aliphatic rings. The van der Waals surface area contributed by atoms with E-state index < -0.39 is 16.9 Å². The van der Waals surface area contributed by atoms with Gasteiger partial charge in [0.15, 0.2) is 0 Å². The van der Waals surface area contributed by atoms with E-state index >= 15 is 0 Å². The minimum Gasteiger partial charge on any atom is -0.480 e. The Kier molecular flexibility index (Phi) is 5.61. The molecule has 2 rings (SSSR count). The maximum absolute atomic E-state index is 14.3.